The second-order valence-corrected chi connectivity index (χ2v) is 8.97. The van der Waals surface area contributed by atoms with Crippen molar-refractivity contribution in [1.29, 1.82) is 0 Å². The van der Waals surface area contributed by atoms with Crippen LogP contribution in [-0.2, 0) is 13.1 Å². The molecule has 0 bridgehead atoms. The maximum absolute atomic E-state index is 5.59. The fraction of sp³-hybridized carbons (Fsp3) is 0.333. The maximum atomic E-state index is 5.59. The molecule has 0 spiro atoms. The number of hydrogen-bond donors (Lipinski definition) is 1. The van der Waals surface area contributed by atoms with Gasteiger partial charge < -0.3 is 0 Å². The van der Waals surface area contributed by atoms with Gasteiger partial charge >= 0.3 is 0 Å². The van der Waals surface area contributed by atoms with Crippen LogP contribution in [0.5, 0.6) is 0 Å². The Morgan fingerprint density at radius 2 is 1.90 bits per heavy atom. The number of aromatic amines is 1. The fourth-order valence-corrected chi connectivity index (χ4v) is 4.25. The molecular formula is C21H24BrN7S. The average molecular weight is 486 g/mol. The molecular weight excluding hydrogens is 462 g/mol. The lowest BCUT2D eigenvalue weighted by molar-refractivity contribution is 0.517. The van der Waals surface area contributed by atoms with Crippen LogP contribution in [0.2, 0.25) is 0 Å². The minimum absolute atomic E-state index is 0.101. The molecule has 1 unspecified atom stereocenters. The normalized spacial score (nSPS) is 12.4. The predicted octanol–water partition coefficient (Wildman–Crippen LogP) is 4.86. The molecule has 4 aromatic rings. The highest BCUT2D eigenvalue weighted by atomic mass is 79.9. The largest absolute Gasteiger partial charge is 0.271 e. The Balaban J connectivity index is 1.69. The van der Waals surface area contributed by atoms with Crippen LogP contribution in [0.1, 0.15) is 41.2 Å². The molecule has 1 N–H and O–H groups in total. The van der Waals surface area contributed by atoms with E-state index >= 15 is 0 Å². The molecule has 1 aromatic carbocycles. The van der Waals surface area contributed by atoms with Crippen LogP contribution in [0.25, 0.3) is 5.69 Å². The summed E-state index contributed by atoms with van der Waals surface area (Å²) in [6.45, 7) is 9.72. The van der Waals surface area contributed by atoms with Crippen molar-refractivity contribution in [2.45, 2.75) is 46.7 Å². The third kappa shape index (κ3) is 4.04. The van der Waals surface area contributed by atoms with Crippen molar-refractivity contribution < 1.29 is 0 Å². The van der Waals surface area contributed by atoms with Gasteiger partial charge in [-0.05, 0) is 54.5 Å². The first-order chi connectivity index (χ1) is 14.3. The standard InChI is InChI=1S/C21H24BrN7S/c1-13-5-7-17(8-6-13)11-28-16(4)19(15(3)26-28)29-20(24-25-21(29)30)14(2)10-27-12-18(22)9-23-27/h5-9,12,14H,10-11H2,1-4H3,(H,25,30). The van der Waals surface area contributed by atoms with Crippen molar-refractivity contribution in [3.8, 4) is 5.69 Å². The molecule has 9 heteroatoms. The van der Waals surface area contributed by atoms with Crippen molar-refractivity contribution in [2.24, 2.45) is 0 Å². The van der Waals surface area contributed by atoms with Crippen molar-refractivity contribution >= 4 is 28.1 Å². The summed E-state index contributed by atoms with van der Waals surface area (Å²) in [5, 5.41) is 16.7. The molecule has 7 nitrogen and oxygen atoms in total. The molecule has 0 saturated carbocycles. The highest BCUT2D eigenvalue weighted by Gasteiger charge is 2.22. The van der Waals surface area contributed by atoms with Crippen LogP contribution in [0.4, 0.5) is 0 Å². The van der Waals surface area contributed by atoms with E-state index in [1.165, 1.54) is 11.1 Å². The fourth-order valence-electron chi connectivity index (χ4n) is 3.69. The van der Waals surface area contributed by atoms with E-state index in [0.29, 0.717) is 17.9 Å². The molecule has 0 aliphatic carbocycles. The third-order valence-corrected chi connectivity index (χ3v) is 5.90. The Morgan fingerprint density at radius 3 is 2.57 bits per heavy atom. The van der Waals surface area contributed by atoms with Gasteiger partial charge in [0.25, 0.3) is 0 Å². The van der Waals surface area contributed by atoms with Crippen molar-refractivity contribution in [3.63, 3.8) is 0 Å². The number of aromatic nitrogens is 7. The number of nitrogens with one attached hydrogen (secondary N) is 1. The Kier molecular flexibility index (Phi) is 5.75. The smallest absolute Gasteiger partial charge is 0.200 e. The Bertz CT molecular complexity index is 1230. The predicted molar refractivity (Wildman–Crippen MR) is 123 cm³/mol. The van der Waals surface area contributed by atoms with Crippen LogP contribution < -0.4 is 0 Å². The number of benzene rings is 1. The Labute approximate surface area is 188 Å². The highest BCUT2D eigenvalue weighted by molar-refractivity contribution is 9.10. The minimum Gasteiger partial charge on any atom is -0.271 e. The van der Waals surface area contributed by atoms with E-state index in [1.54, 1.807) is 6.20 Å². The van der Waals surface area contributed by atoms with Crippen LogP contribution in [0.15, 0.2) is 41.1 Å². The van der Waals surface area contributed by atoms with Gasteiger partial charge in [0, 0.05) is 12.1 Å². The summed E-state index contributed by atoms with van der Waals surface area (Å²) in [7, 11) is 0. The van der Waals surface area contributed by atoms with E-state index in [4.69, 9.17) is 17.3 Å². The number of hydrogen-bond acceptors (Lipinski definition) is 4. The first-order valence-corrected chi connectivity index (χ1v) is 11.0. The molecule has 30 heavy (non-hydrogen) atoms. The van der Waals surface area contributed by atoms with E-state index in [0.717, 1.165) is 27.4 Å². The molecule has 0 amide bonds. The SMILES string of the molecule is Cc1ccc(Cn2nc(C)c(-n3c(C(C)Cn4cc(Br)cn4)n[nH]c3=S)c2C)cc1. The van der Waals surface area contributed by atoms with Crippen molar-refractivity contribution in [1.82, 2.24) is 34.3 Å². The second kappa shape index (κ2) is 8.31. The zero-order valence-electron chi connectivity index (χ0n) is 17.4. The molecule has 156 valence electrons. The lowest BCUT2D eigenvalue weighted by atomic mass is 10.1. The molecule has 0 aliphatic heterocycles. The van der Waals surface area contributed by atoms with Gasteiger partial charge in [-0.25, -0.2) is 0 Å². The molecule has 1 atom stereocenters. The third-order valence-electron chi connectivity index (χ3n) is 5.22. The molecule has 0 fully saturated rings. The summed E-state index contributed by atoms with van der Waals surface area (Å²) in [5.41, 5.74) is 5.43. The lowest BCUT2D eigenvalue weighted by Crippen LogP contribution is -2.13. The summed E-state index contributed by atoms with van der Waals surface area (Å²) in [5.74, 6) is 0.969. The molecule has 3 heterocycles. The zero-order chi connectivity index (χ0) is 21.4. The first kappa shape index (κ1) is 20.7. The van der Waals surface area contributed by atoms with E-state index < -0.39 is 0 Å². The molecule has 0 saturated heterocycles. The lowest BCUT2D eigenvalue weighted by Gasteiger charge is -2.14. The quantitative estimate of drug-likeness (QED) is 0.395. The number of aryl methyl sites for hydroxylation is 2. The van der Waals surface area contributed by atoms with Gasteiger partial charge in [-0.15, -0.1) is 0 Å². The van der Waals surface area contributed by atoms with Crippen molar-refractivity contribution in [3.05, 3.63) is 74.2 Å². The van der Waals surface area contributed by atoms with Gasteiger partial charge in [0.15, 0.2) is 4.77 Å². The van der Waals surface area contributed by atoms with Gasteiger partial charge in [-0.3, -0.25) is 19.0 Å². The summed E-state index contributed by atoms with van der Waals surface area (Å²) in [6.07, 6.45) is 3.74. The Hall–Kier alpha value is -2.52. The van der Waals surface area contributed by atoms with Gasteiger partial charge in [0.05, 0.1) is 40.8 Å². The topological polar surface area (TPSA) is 69.2 Å². The zero-order valence-corrected chi connectivity index (χ0v) is 19.8. The van der Waals surface area contributed by atoms with Crippen molar-refractivity contribution in [2.75, 3.05) is 0 Å². The number of H-pyrrole nitrogens is 1. The van der Waals surface area contributed by atoms with Gasteiger partial charge in [0.2, 0.25) is 0 Å². The molecule has 0 aliphatic rings. The molecule has 3 aromatic heterocycles. The number of nitrogens with zero attached hydrogens (tertiary/aromatic N) is 6. The van der Waals surface area contributed by atoms with Gasteiger partial charge in [-0.1, -0.05) is 36.8 Å². The summed E-state index contributed by atoms with van der Waals surface area (Å²) >= 11 is 9.04. The second-order valence-electron chi connectivity index (χ2n) is 7.67. The minimum atomic E-state index is 0.101. The van der Waals surface area contributed by atoms with E-state index in [2.05, 4.69) is 76.3 Å². The molecule has 0 radical (unpaired) electrons. The highest BCUT2D eigenvalue weighted by Crippen LogP contribution is 2.25. The van der Waals surface area contributed by atoms with E-state index in [1.807, 2.05) is 27.1 Å². The summed E-state index contributed by atoms with van der Waals surface area (Å²) < 4.78 is 7.47. The van der Waals surface area contributed by atoms with E-state index in [-0.39, 0.29) is 5.92 Å². The van der Waals surface area contributed by atoms with Crippen LogP contribution >= 0.6 is 28.1 Å². The van der Waals surface area contributed by atoms with Crippen LogP contribution in [-0.4, -0.2) is 34.3 Å². The first-order valence-electron chi connectivity index (χ1n) is 9.78. The summed E-state index contributed by atoms with van der Waals surface area (Å²) in [4.78, 5) is 0. The maximum Gasteiger partial charge on any atom is 0.200 e. The average Bonchev–Trinajstić information content (AvgIpc) is 3.35. The number of halogens is 1. The van der Waals surface area contributed by atoms with Gasteiger partial charge in [-0.2, -0.15) is 15.3 Å². The Morgan fingerprint density at radius 1 is 1.17 bits per heavy atom. The summed E-state index contributed by atoms with van der Waals surface area (Å²) in [6, 6.07) is 8.54. The van der Waals surface area contributed by atoms with Crippen LogP contribution in [0, 0.1) is 25.5 Å². The molecule has 4 rings (SSSR count). The monoisotopic (exact) mass is 485 g/mol. The van der Waals surface area contributed by atoms with Gasteiger partial charge in [0.1, 0.15) is 5.82 Å². The number of rotatable bonds is 6. The van der Waals surface area contributed by atoms with Crippen LogP contribution in [0.3, 0.4) is 0 Å². The van der Waals surface area contributed by atoms with E-state index in [9.17, 15) is 0 Å².